The van der Waals surface area contributed by atoms with Crippen LogP contribution < -0.4 is 4.74 Å². The van der Waals surface area contributed by atoms with E-state index in [9.17, 15) is 0 Å². The first kappa shape index (κ1) is 14.6. The van der Waals surface area contributed by atoms with Gasteiger partial charge in [0.05, 0.1) is 7.11 Å². The number of hydrogen-bond donors (Lipinski definition) is 0. The third-order valence-electron chi connectivity index (χ3n) is 3.26. The van der Waals surface area contributed by atoms with Crippen molar-refractivity contribution in [1.29, 1.82) is 0 Å². The molecule has 0 bridgehead atoms. The van der Waals surface area contributed by atoms with Gasteiger partial charge in [-0.1, -0.05) is 23.9 Å². The fraction of sp³-hybridized carbons (Fsp3) is 0.188. The Kier molecular flexibility index (Phi) is 4.39. The van der Waals surface area contributed by atoms with Gasteiger partial charge in [-0.3, -0.25) is 4.98 Å². The second-order valence-electron chi connectivity index (χ2n) is 4.75. The van der Waals surface area contributed by atoms with E-state index in [-0.39, 0.29) is 0 Å². The molecule has 0 saturated heterocycles. The van der Waals surface area contributed by atoms with E-state index in [2.05, 4.69) is 21.2 Å². The summed E-state index contributed by atoms with van der Waals surface area (Å²) in [6.07, 6.45) is 3.54. The van der Waals surface area contributed by atoms with E-state index in [0.29, 0.717) is 0 Å². The first-order valence-electron chi connectivity index (χ1n) is 6.83. The standard InChI is InChI=1S/C16H16N4OS/c1-20-15(13-6-4-8-17-10-13)18-19-16(20)22-11-12-5-3-7-14(9-12)21-2/h3-10H,11H2,1-2H3. The van der Waals surface area contributed by atoms with Crippen molar-refractivity contribution >= 4 is 11.8 Å². The summed E-state index contributed by atoms with van der Waals surface area (Å²) in [6, 6.07) is 11.9. The van der Waals surface area contributed by atoms with Gasteiger partial charge in [-0.15, -0.1) is 10.2 Å². The summed E-state index contributed by atoms with van der Waals surface area (Å²) < 4.78 is 7.23. The van der Waals surface area contributed by atoms with Crippen molar-refractivity contribution in [3.63, 3.8) is 0 Å². The third kappa shape index (κ3) is 3.12. The summed E-state index contributed by atoms with van der Waals surface area (Å²) in [6.45, 7) is 0. The van der Waals surface area contributed by atoms with Crippen LogP contribution in [0.4, 0.5) is 0 Å². The summed E-state index contributed by atoms with van der Waals surface area (Å²) in [7, 11) is 3.64. The number of aromatic nitrogens is 4. The molecule has 0 radical (unpaired) electrons. The van der Waals surface area contributed by atoms with Crippen LogP contribution >= 0.6 is 11.8 Å². The summed E-state index contributed by atoms with van der Waals surface area (Å²) in [4.78, 5) is 4.12. The molecule has 2 heterocycles. The molecule has 0 atom stereocenters. The van der Waals surface area contributed by atoms with Gasteiger partial charge in [0.2, 0.25) is 0 Å². The summed E-state index contributed by atoms with van der Waals surface area (Å²) >= 11 is 1.65. The lowest BCUT2D eigenvalue weighted by Gasteiger charge is -2.05. The minimum absolute atomic E-state index is 0.816. The highest BCUT2D eigenvalue weighted by Crippen LogP contribution is 2.25. The number of rotatable bonds is 5. The van der Waals surface area contributed by atoms with Crippen LogP contribution in [0.2, 0.25) is 0 Å². The molecule has 0 fully saturated rings. The molecule has 0 unspecified atom stereocenters. The second-order valence-corrected chi connectivity index (χ2v) is 5.69. The van der Waals surface area contributed by atoms with Crippen LogP contribution in [0.15, 0.2) is 53.9 Å². The largest absolute Gasteiger partial charge is 0.497 e. The molecule has 0 aliphatic carbocycles. The minimum Gasteiger partial charge on any atom is -0.497 e. The Morgan fingerprint density at radius 3 is 2.86 bits per heavy atom. The number of hydrogen-bond acceptors (Lipinski definition) is 5. The first-order chi connectivity index (χ1) is 10.8. The lowest BCUT2D eigenvalue weighted by atomic mass is 10.2. The van der Waals surface area contributed by atoms with Gasteiger partial charge in [-0.2, -0.15) is 0 Å². The van der Waals surface area contributed by atoms with Crippen molar-refractivity contribution in [2.75, 3.05) is 7.11 Å². The zero-order valence-electron chi connectivity index (χ0n) is 12.4. The molecule has 0 saturated carbocycles. The van der Waals surface area contributed by atoms with E-state index in [1.54, 1.807) is 31.3 Å². The quantitative estimate of drug-likeness (QED) is 0.677. The predicted molar refractivity (Wildman–Crippen MR) is 86.8 cm³/mol. The van der Waals surface area contributed by atoms with E-state index in [1.807, 2.05) is 41.9 Å². The zero-order valence-corrected chi connectivity index (χ0v) is 13.2. The molecule has 3 rings (SSSR count). The van der Waals surface area contributed by atoms with Crippen LogP contribution in [0.25, 0.3) is 11.4 Å². The van der Waals surface area contributed by atoms with Gasteiger partial charge >= 0.3 is 0 Å². The van der Waals surface area contributed by atoms with E-state index >= 15 is 0 Å². The van der Waals surface area contributed by atoms with E-state index in [1.165, 1.54) is 5.56 Å². The second kappa shape index (κ2) is 6.62. The summed E-state index contributed by atoms with van der Waals surface area (Å²) in [5.41, 5.74) is 2.15. The molecule has 0 N–H and O–H groups in total. The molecule has 6 heteroatoms. The molecular formula is C16H16N4OS. The van der Waals surface area contributed by atoms with Crippen molar-refractivity contribution < 1.29 is 4.74 Å². The van der Waals surface area contributed by atoms with Crippen LogP contribution in [0.5, 0.6) is 5.75 Å². The van der Waals surface area contributed by atoms with Gasteiger partial charge < -0.3 is 9.30 Å². The first-order valence-corrected chi connectivity index (χ1v) is 7.82. The van der Waals surface area contributed by atoms with Gasteiger partial charge in [-0.05, 0) is 29.8 Å². The highest BCUT2D eigenvalue weighted by Gasteiger charge is 2.11. The maximum atomic E-state index is 5.24. The van der Waals surface area contributed by atoms with E-state index < -0.39 is 0 Å². The molecule has 1 aromatic carbocycles. The number of nitrogens with zero attached hydrogens (tertiary/aromatic N) is 4. The van der Waals surface area contributed by atoms with E-state index in [0.717, 1.165) is 28.0 Å². The smallest absolute Gasteiger partial charge is 0.191 e. The Labute approximate surface area is 133 Å². The zero-order chi connectivity index (χ0) is 15.4. The third-order valence-corrected chi connectivity index (χ3v) is 4.35. The molecule has 22 heavy (non-hydrogen) atoms. The van der Waals surface area contributed by atoms with E-state index in [4.69, 9.17) is 4.74 Å². The molecule has 3 aromatic rings. The molecule has 0 aliphatic heterocycles. The number of methoxy groups -OCH3 is 1. The van der Waals surface area contributed by atoms with Crippen LogP contribution in [0.3, 0.4) is 0 Å². The Bertz CT molecular complexity index is 758. The molecule has 112 valence electrons. The summed E-state index contributed by atoms with van der Waals surface area (Å²) in [5, 5.41) is 9.40. The fourth-order valence-corrected chi connectivity index (χ4v) is 2.95. The minimum atomic E-state index is 0.816. The Morgan fingerprint density at radius 2 is 2.09 bits per heavy atom. The van der Waals surface area contributed by atoms with Crippen molar-refractivity contribution in [3.05, 3.63) is 54.4 Å². The monoisotopic (exact) mass is 312 g/mol. The van der Waals surface area contributed by atoms with Crippen molar-refractivity contribution in [2.45, 2.75) is 10.9 Å². The average molecular weight is 312 g/mol. The summed E-state index contributed by atoms with van der Waals surface area (Å²) in [5.74, 6) is 2.50. The molecule has 0 aliphatic rings. The predicted octanol–water partition coefficient (Wildman–Crippen LogP) is 3.18. The van der Waals surface area contributed by atoms with Gasteiger partial charge in [0.15, 0.2) is 11.0 Å². The van der Waals surface area contributed by atoms with Crippen LogP contribution in [0, 0.1) is 0 Å². The van der Waals surface area contributed by atoms with Gasteiger partial charge in [0, 0.05) is 30.8 Å². The maximum absolute atomic E-state index is 5.24. The highest BCUT2D eigenvalue weighted by atomic mass is 32.2. The Hall–Kier alpha value is -2.34. The fourth-order valence-electron chi connectivity index (χ4n) is 2.10. The van der Waals surface area contributed by atoms with Crippen LogP contribution in [0.1, 0.15) is 5.56 Å². The number of thioether (sulfide) groups is 1. The van der Waals surface area contributed by atoms with Crippen LogP contribution in [-0.2, 0) is 12.8 Å². The maximum Gasteiger partial charge on any atom is 0.191 e. The van der Waals surface area contributed by atoms with Crippen molar-refractivity contribution in [2.24, 2.45) is 7.05 Å². The molecule has 5 nitrogen and oxygen atoms in total. The number of pyridine rings is 1. The number of ether oxygens (including phenoxy) is 1. The highest BCUT2D eigenvalue weighted by molar-refractivity contribution is 7.98. The van der Waals surface area contributed by atoms with Gasteiger partial charge in [0.1, 0.15) is 5.75 Å². The SMILES string of the molecule is COc1cccc(CSc2nnc(-c3cccnc3)n2C)c1. The van der Waals surface area contributed by atoms with Crippen molar-refractivity contribution in [3.8, 4) is 17.1 Å². The van der Waals surface area contributed by atoms with Gasteiger partial charge in [-0.25, -0.2) is 0 Å². The average Bonchev–Trinajstić information content (AvgIpc) is 2.95. The topological polar surface area (TPSA) is 52.8 Å². The Morgan fingerprint density at radius 1 is 1.18 bits per heavy atom. The molecule has 0 spiro atoms. The van der Waals surface area contributed by atoms with Crippen LogP contribution in [-0.4, -0.2) is 26.9 Å². The molecule has 2 aromatic heterocycles. The Balaban J connectivity index is 1.75. The number of benzene rings is 1. The normalized spacial score (nSPS) is 10.6. The lowest BCUT2D eigenvalue weighted by molar-refractivity contribution is 0.414. The molecule has 0 amide bonds. The van der Waals surface area contributed by atoms with Gasteiger partial charge in [0.25, 0.3) is 0 Å². The van der Waals surface area contributed by atoms with Crippen molar-refractivity contribution in [1.82, 2.24) is 19.7 Å². The molecular weight excluding hydrogens is 296 g/mol. The lowest BCUT2D eigenvalue weighted by Crippen LogP contribution is -1.95.